The SMILES string of the molecule is COCOCC1(COCOC)Cn2cc(C(=O)NCc3ccc(Cl)cc3)c(=O)c3cc(CN4CCOCC4)cc(c32)O1. The molecule has 11 nitrogen and oxygen atoms in total. The van der Waals surface area contributed by atoms with E-state index >= 15 is 0 Å². The van der Waals surface area contributed by atoms with E-state index in [1.165, 1.54) is 0 Å². The first-order valence-corrected chi connectivity index (χ1v) is 14.1. The van der Waals surface area contributed by atoms with Crippen molar-refractivity contribution in [1.82, 2.24) is 14.8 Å². The van der Waals surface area contributed by atoms with Gasteiger partial charge in [0, 0.05) is 51.6 Å². The second-order valence-corrected chi connectivity index (χ2v) is 10.9. The van der Waals surface area contributed by atoms with Crippen LogP contribution in [-0.4, -0.2) is 88.3 Å². The van der Waals surface area contributed by atoms with Gasteiger partial charge in [-0.3, -0.25) is 14.5 Å². The van der Waals surface area contributed by atoms with Gasteiger partial charge in [-0.2, -0.15) is 0 Å². The second kappa shape index (κ2) is 14.0. The van der Waals surface area contributed by atoms with Crippen LogP contribution >= 0.6 is 11.6 Å². The number of amides is 1. The number of hydrogen-bond donors (Lipinski definition) is 1. The van der Waals surface area contributed by atoms with Crippen LogP contribution in [0.2, 0.25) is 5.02 Å². The standard InChI is InChI=1S/C30H36ClN3O8/c1-37-19-40-17-30(18-41-20-38-2)16-34-15-25(29(36)32-13-21-3-5-23(31)6-4-21)28(35)24-11-22(12-26(42-30)27(24)34)14-33-7-9-39-10-8-33/h3-6,11-12,15H,7-10,13-14,16-20H2,1-2H3,(H,32,36). The van der Waals surface area contributed by atoms with Crippen molar-refractivity contribution in [2.45, 2.75) is 25.2 Å². The maximum absolute atomic E-state index is 13.8. The van der Waals surface area contributed by atoms with Crippen molar-refractivity contribution in [3.05, 3.63) is 74.5 Å². The summed E-state index contributed by atoms with van der Waals surface area (Å²) in [7, 11) is 3.09. The van der Waals surface area contributed by atoms with Crippen molar-refractivity contribution < 1.29 is 33.2 Å². The summed E-state index contributed by atoms with van der Waals surface area (Å²) in [6.07, 6.45) is 1.59. The van der Waals surface area contributed by atoms with Crippen molar-refractivity contribution in [2.75, 3.05) is 67.3 Å². The third kappa shape index (κ3) is 7.12. The summed E-state index contributed by atoms with van der Waals surface area (Å²) in [5.41, 5.74) is 1.09. The van der Waals surface area contributed by atoms with Crippen LogP contribution in [-0.2, 0) is 43.3 Å². The van der Waals surface area contributed by atoms with Gasteiger partial charge < -0.3 is 38.3 Å². The Morgan fingerprint density at radius 2 is 1.71 bits per heavy atom. The van der Waals surface area contributed by atoms with E-state index in [1.807, 2.05) is 28.8 Å². The number of carbonyl (C=O) groups is 1. The van der Waals surface area contributed by atoms with E-state index in [2.05, 4.69) is 10.2 Å². The summed E-state index contributed by atoms with van der Waals surface area (Å²) < 4.78 is 35.7. The summed E-state index contributed by atoms with van der Waals surface area (Å²) in [4.78, 5) is 29.5. The van der Waals surface area contributed by atoms with Gasteiger partial charge in [0.15, 0.2) is 5.60 Å². The van der Waals surface area contributed by atoms with Crippen LogP contribution in [0.5, 0.6) is 5.75 Å². The fourth-order valence-corrected chi connectivity index (χ4v) is 5.43. The predicted octanol–water partition coefficient (Wildman–Crippen LogP) is 2.79. The van der Waals surface area contributed by atoms with Crippen molar-refractivity contribution in [1.29, 1.82) is 0 Å². The molecule has 1 amide bonds. The molecule has 2 aromatic carbocycles. The molecule has 0 radical (unpaired) electrons. The molecule has 42 heavy (non-hydrogen) atoms. The van der Waals surface area contributed by atoms with Gasteiger partial charge in [-0.15, -0.1) is 0 Å². The summed E-state index contributed by atoms with van der Waals surface area (Å²) in [6.45, 7) is 4.41. The Bertz CT molecular complexity index is 1430. The first-order chi connectivity index (χ1) is 20.4. The highest BCUT2D eigenvalue weighted by atomic mass is 35.5. The number of nitrogens with zero attached hydrogens (tertiary/aromatic N) is 2. The fourth-order valence-electron chi connectivity index (χ4n) is 5.30. The number of carbonyl (C=O) groups excluding carboxylic acids is 1. The Balaban J connectivity index is 1.53. The maximum Gasteiger partial charge on any atom is 0.257 e. The van der Waals surface area contributed by atoms with Crippen molar-refractivity contribution >= 4 is 28.4 Å². The highest BCUT2D eigenvalue weighted by molar-refractivity contribution is 6.30. The number of pyridine rings is 1. The Labute approximate surface area is 249 Å². The second-order valence-electron chi connectivity index (χ2n) is 10.5. The van der Waals surface area contributed by atoms with Crippen LogP contribution in [0, 0.1) is 0 Å². The topological polar surface area (TPSA) is 110 Å². The molecular formula is C30H36ClN3O8. The van der Waals surface area contributed by atoms with Crippen LogP contribution < -0.4 is 15.5 Å². The Kier molecular flexibility index (Phi) is 10.1. The normalized spacial score (nSPS) is 16.4. The highest BCUT2D eigenvalue weighted by Gasteiger charge is 2.39. The van der Waals surface area contributed by atoms with Crippen LogP contribution in [0.25, 0.3) is 10.9 Å². The molecular weight excluding hydrogens is 566 g/mol. The number of nitrogens with one attached hydrogen (secondary N) is 1. The van der Waals surface area contributed by atoms with E-state index in [9.17, 15) is 9.59 Å². The van der Waals surface area contributed by atoms with Crippen LogP contribution in [0.1, 0.15) is 21.5 Å². The minimum Gasteiger partial charge on any atom is -0.478 e. The number of ether oxygens (including phenoxy) is 6. The van der Waals surface area contributed by atoms with E-state index < -0.39 is 11.5 Å². The summed E-state index contributed by atoms with van der Waals surface area (Å²) in [6, 6.07) is 11.0. The quantitative estimate of drug-likeness (QED) is 0.234. The Morgan fingerprint density at radius 1 is 1.02 bits per heavy atom. The van der Waals surface area contributed by atoms with Crippen LogP contribution in [0.3, 0.4) is 0 Å². The molecule has 226 valence electrons. The molecule has 1 N–H and O–H groups in total. The molecule has 12 heteroatoms. The zero-order valence-electron chi connectivity index (χ0n) is 23.9. The van der Waals surface area contributed by atoms with E-state index in [0.717, 1.165) is 24.2 Å². The summed E-state index contributed by atoms with van der Waals surface area (Å²) in [5.74, 6) is 0.0540. The molecule has 1 fully saturated rings. The Hall–Kier alpha value is -3.03. The van der Waals surface area contributed by atoms with Gasteiger partial charge in [-0.1, -0.05) is 23.7 Å². The highest BCUT2D eigenvalue weighted by Crippen LogP contribution is 2.36. The largest absolute Gasteiger partial charge is 0.478 e. The minimum absolute atomic E-state index is 0.0392. The summed E-state index contributed by atoms with van der Waals surface area (Å²) in [5, 5.41) is 3.90. The van der Waals surface area contributed by atoms with Crippen LogP contribution in [0.15, 0.2) is 47.4 Å². The molecule has 0 aliphatic carbocycles. The molecule has 2 aliphatic rings. The molecule has 2 aliphatic heterocycles. The smallest absolute Gasteiger partial charge is 0.257 e. The minimum atomic E-state index is -0.972. The van der Waals surface area contributed by atoms with E-state index in [4.69, 9.17) is 40.0 Å². The number of benzene rings is 2. The average Bonchev–Trinajstić information content (AvgIpc) is 2.99. The Morgan fingerprint density at radius 3 is 2.38 bits per heavy atom. The van der Waals surface area contributed by atoms with Gasteiger partial charge >= 0.3 is 0 Å². The van der Waals surface area contributed by atoms with Crippen molar-refractivity contribution in [3.63, 3.8) is 0 Å². The zero-order valence-corrected chi connectivity index (χ0v) is 24.6. The molecule has 3 heterocycles. The third-order valence-corrected chi connectivity index (χ3v) is 7.49. The van der Waals surface area contributed by atoms with Gasteiger partial charge in [-0.25, -0.2) is 0 Å². The molecule has 3 aromatic rings. The van der Waals surface area contributed by atoms with Crippen molar-refractivity contribution in [2.24, 2.45) is 0 Å². The van der Waals surface area contributed by atoms with Gasteiger partial charge in [0.05, 0.1) is 43.9 Å². The maximum atomic E-state index is 13.8. The number of morpholine rings is 1. The molecule has 0 unspecified atom stereocenters. The van der Waals surface area contributed by atoms with E-state index in [1.54, 1.807) is 32.5 Å². The monoisotopic (exact) mass is 601 g/mol. The van der Waals surface area contributed by atoms with Gasteiger partial charge in [-0.05, 0) is 35.4 Å². The first-order valence-electron chi connectivity index (χ1n) is 13.8. The number of rotatable bonds is 13. The average molecular weight is 602 g/mol. The lowest BCUT2D eigenvalue weighted by Gasteiger charge is -2.39. The van der Waals surface area contributed by atoms with Crippen LogP contribution in [0.4, 0.5) is 0 Å². The molecule has 0 bridgehead atoms. The molecule has 0 saturated carbocycles. The number of aromatic nitrogens is 1. The molecule has 1 aromatic heterocycles. The zero-order chi connectivity index (χ0) is 29.5. The first kappa shape index (κ1) is 30.4. The lowest BCUT2D eigenvalue weighted by atomic mass is 9.99. The van der Waals surface area contributed by atoms with E-state index in [0.29, 0.717) is 41.4 Å². The van der Waals surface area contributed by atoms with E-state index in [-0.39, 0.29) is 50.9 Å². The molecule has 5 rings (SSSR count). The molecule has 0 spiro atoms. The number of methoxy groups -OCH3 is 2. The summed E-state index contributed by atoms with van der Waals surface area (Å²) >= 11 is 5.99. The lowest BCUT2D eigenvalue weighted by molar-refractivity contribution is -0.144. The lowest BCUT2D eigenvalue weighted by Crippen LogP contribution is -2.52. The molecule has 0 atom stereocenters. The van der Waals surface area contributed by atoms with Gasteiger partial charge in [0.25, 0.3) is 5.91 Å². The van der Waals surface area contributed by atoms with Gasteiger partial charge in [0.2, 0.25) is 5.43 Å². The molecule has 1 saturated heterocycles. The number of halogens is 1. The van der Waals surface area contributed by atoms with Crippen molar-refractivity contribution in [3.8, 4) is 5.75 Å². The number of hydrogen-bond acceptors (Lipinski definition) is 9. The third-order valence-electron chi connectivity index (χ3n) is 7.23. The predicted molar refractivity (Wildman–Crippen MR) is 156 cm³/mol. The van der Waals surface area contributed by atoms with Gasteiger partial charge in [0.1, 0.15) is 24.9 Å². The fraction of sp³-hybridized carbons (Fsp3) is 0.467.